The fourth-order valence-electron chi connectivity index (χ4n) is 7.21. The van der Waals surface area contributed by atoms with Crippen molar-refractivity contribution >= 4 is 22.7 Å². The van der Waals surface area contributed by atoms with Crippen LogP contribution in [0.15, 0.2) is 66.7 Å². The molecule has 0 amide bonds. The van der Waals surface area contributed by atoms with Gasteiger partial charge in [-0.1, -0.05) is 90.2 Å². The smallest absolute Gasteiger partial charge is 0.0999 e. The molecule has 0 unspecified atom stereocenters. The number of hydrogen-bond donors (Lipinski definition) is 0. The van der Waals surface area contributed by atoms with E-state index >= 15 is 0 Å². The third kappa shape index (κ3) is 9.89. The fraction of sp³-hybridized carbons (Fsp3) is 0.383. The van der Waals surface area contributed by atoms with Crippen LogP contribution >= 0.6 is 22.7 Å². The van der Waals surface area contributed by atoms with Gasteiger partial charge in [-0.15, -0.1) is 22.7 Å². The first-order valence-electron chi connectivity index (χ1n) is 19.2. The summed E-state index contributed by atoms with van der Waals surface area (Å²) in [5, 5.41) is 30.3. The van der Waals surface area contributed by atoms with Gasteiger partial charge in [-0.05, 0) is 133 Å². The number of nitriles is 3. The summed E-state index contributed by atoms with van der Waals surface area (Å²) in [4.78, 5) is 4.92. The topological polar surface area (TPSA) is 71.4 Å². The van der Waals surface area contributed by atoms with Gasteiger partial charge in [0.25, 0.3) is 0 Å². The third-order valence-electron chi connectivity index (χ3n) is 10.1. The number of hydrogen-bond acceptors (Lipinski definition) is 5. The molecular formula is C47H51N3S2. The van der Waals surface area contributed by atoms with Crippen molar-refractivity contribution in [3.05, 3.63) is 105 Å². The number of nitrogens with zero attached hydrogens (tertiary/aromatic N) is 3. The molecule has 266 valence electrons. The summed E-state index contributed by atoms with van der Waals surface area (Å²) < 4.78 is 0. The summed E-state index contributed by atoms with van der Waals surface area (Å²) in [7, 11) is 0. The molecular weight excluding hydrogens is 671 g/mol. The lowest BCUT2D eigenvalue weighted by molar-refractivity contribution is 0.605. The molecule has 5 heteroatoms. The largest absolute Gasteiger partial charge is 0.192 e. The van der Waals surface area contributed by atoms with E-state index in [1.165, 1.54) is 108 Å². The van der Waals surface area contributed by atoms with Crippen LogP contribution < -0.4 is 0 Å². The third-order valence-corrected chi connectivity index (χ3v) is 12.4. The highest BCUT2D eigenvalue weighted by atomic mass is 32.1. The predicted octanol–water partition coefficient (Wildman–Crippen LogP) is 14.5. The molecule has 2 heterocycles. The maximum atomic E-state index is 10.3. The first-order chi connectivity index (χ1) is 25.4. The molecule has 0 aliphatic carbocycles. The van der Waals surface area contributed by atoms with E-state index in [4.69, 9.17) is 0 Å². The monoisotopic (exact) mass is 721 g/mol. The maximum Gasteiger partial charge on any atom is 0.0999 e. The SMILES string of the molecule is CCCCCCCCc1cc(-c2cc(-c3ccc(-c4ccc(C)s4)s3)cc(-c3c(C#N)cc(C#N)cc3C#N)c2)c(CCCCCCCC)cc1C. The Kier molecular flexibility index (Phi) is 14.5. The Hall–Kier alpha value is -4.47. The van der Waals surface area contributed by atoms with Gasteiger partial charge in [-0.3, -0.25) is 0 Å². The number of unbranched alkanes of at least 4 members (excludes halogenated alkanes) is 10. The van der Waals surface area contributed by atoms with E-state index in [1.807, 2.05) is 0 Å². The highest BCUT2D eigenvalue weighted by molar-refractivity contribution is 7.23. The average molecular weight is 722 g/mol. The summed E-state index contributed by atoms with van der Waals surface area (Å²) >= 11 is 3.58. The fourth-order valence-corrected chi connectivity index (χ4v) is 9.16. The van der Waals surface area contributed by atoms with E-state index in [0.717, 1.165) is 40.8 Å². The highest BCUT2D eigenvalue weighted by Gasteiger charge is 2.19. The van der Waals surface area contributed by atoms with Gasteiger partial charge in [0, 0.05) is 25.1 Å². The molecule has 0 radical (unpaired) electrons. The van der Waals surface area contributed by atoms with Gasteiger partial charge in [-0.25, -0.2) is 0 Å². The van der Waals surface area contributed by atoms with E-state index in [0.29, 0.717) is 22.3 Å². The summed E-state index contributed by atoms with van der Waals surface area (Å²) in [6, 6.07) is 30.2. The van der Waals surface area contributed by atoms with Crippen molar-refractivity contribution in [2.75, 3.05) is 0 Å². The van der Waals surface area contributed by atoms with Crippen molar-refractivity contribution in [1.82, 2.24) is 0 Å². The Bertz CT molecular complexity index is 2060. The van der Waals surface area contributed by atoms with Crippen molar-refractivity contribution in [1.29, 1.82) is 15.8 Å². The summed E-state index contributed by atoms with van der Waals surface area (Å²) in [5.41, 5.74) is 10.0. The average Bonchev–Trinajstić information content (AvgIpc) is 3.84. The van der Waals surface area contributed by atoms with Crippen molar-refractivity contribution in [3.63, 3.8) is 0 Å². The quantitative estimate of drug-likeness (QED) is 0.0846. The normalized spacial score (nSPS) is 10.9. The van der Waals surface area contributed by atoms with Gasteiger partial charge in [-0.2, -0.15) is 15.8 Å². The molecule has 5 rings (SSSR count). The van der Waals surface area contributed by atoms with Gasteiger partial charge < -0.3 is 0 Å². The first kappa shape index (κ1) is 38.8. The summed E-state index contributed by atoms with van der Waals surface area (Å²) in [6.45, 7) is 8.95. The van der Waals surface area contributed by atoms with Crippen LogP contribution in [0.3, 0.4) is 0 Å². The van der Waals surface area contributed by atoms with Crippen molar-refractivity contribution < 1.29 is 0 Å². The Morgan fingerprint density at radius 2 is 1.04 bits per heavy atom. The van der Waals surface area contributed by atoms with Gasteiger partial charge >= 0.3 is 0 Å². The standard InChI is InChI=1S/C47H51N3S2/c1-5-7-9-11-13-15-17-36-29-43(37(23-33(36)3)18-16-14-12-10-8-6-2)38-26-39(44-21-22-46(52-44)45-20-19-34(4)51-45)28-40(27-38)47-41(31-49)24-35(30-48)25-42(47)32-50/h19-29H,5-18H2,1-4H3. The van der Waals surface area contributed by atoms with Gasteiger partial charge in [0.15, 0.2) is 0 Å². The van der Waals surface area contributed by atoms with Crippen molar-refractivity contribution in [2.24, 2.45) is 0 Å². The molecule has 0 bridgehead atoms. The van der Waals surface area contributed by atoms with Crippen LogP contribution in [-0.4, -0.2) is 0 Å². The predicted molar refractivity (Wildman–Crippen MR) is 222 cm³/mol. The molecule has 0 aliphatic heterocycles. The second kappa shape index (κ2) is 19.4. The van der Waals surface area contributed by atoms with Crippen molar-refractivity contribution in [2.45, 2.75) is 118 Å². The zero-order valence-electron chi connectivity index (χ0n) is 31.4. The minimum absolute atomic E-state index is 0.321. The second-order valence-electron chi connectivity index (χ2n) is 14.1. The maximum absolute atomic E-state index is 10.3. The van der Waals surface area contributed by atoms with Crippen LogP contribution in [-0.2, 0) is 12.8 Å². The van der Waals surface area contributed by atoms with Crippen LogP contribution in [0.25, 0.3) is 42.4 Å². The Balaban J connectivity index is 1.65. The Morgan fingerprint density at radius 3 is 1.63 bits per heavy atom. The first-order valence-corrected chi connectivity index (χ1v) is 20.9. The minimum atomic E-state index is 0.321. The van der Waals surface area contributed by atoms with Crippen molar-refractivity contribution in [3.8, 4) is 60.7 Å². The van der Waals surface area contributed by atoms with Crippen LogP contribution in [0.4, 0.5) is 0 Å². The van der Waals surface area contributed by atoms with Crippen LogP contribution in [0.5, 0.6) is 0 Å². The number of benzene rings is 3. The van der Waals surface area contributed by atoms with Gasteiger partial charge in [0.2, 0.25) is 0 Å². The molecule has 3 aromatic carbocycles. The Morgan fingerprint density at radius 1 is 0.500 bits per heavy atom. The molecule has 0 saturated heterocycles. The molecule has 0 atom stereocenters. The molecule has 0 fully saturated rings. The van der Waals surface area contributed by atoms with Gasteiger partial charge in [0.05, 0.1) is 34.9 Å². The molecule has 0 aliphatic rings. The minimum Gasteiger partial charge on any atom is -0.192 e. The number of rotatable bonds is 18. The highest BCUT2D eigenvalue weighted by Crippen LogP contribution is 2.42. The summed E-state index contributed by atoms with van der Waals surface area (Å²) in [5.74, 6) is 0. The lowest BCUT2D eigenvalue weighted by Gasteiger charge is -2.18. The molecule has 0 N–H and O–H groups in total. The molecule has 5 aromatic rings. The second-order valence-corrected chi connectivity index (χ2v) is 16.5. The lowest BCUT2D eigenvalue weighted by Crippen LogP contribution is -1.99. The van der Waals surface area contributed by atoms with E-state index in [2.05, 4.69) is 100 Å². The van der Waals surface area contributed by atoms with E-state index < -0.39 is 0 Å². The lowest BCUT2D eigenvalue weighted by atomic mass is 9.86. The van der Waals surface area contributed by atoms with E-state index in [-0.39, 0.29) is 0 Å². The van der Waals surface area contributed by atoms with Crippen LogP contribution in [0.2, 0.25) is 0 Å². The number of aryl methyl sites for hydroxylation is 4. The van der Waals surface area contributed by atoms with E-state index in [9.17, 15) is 15.8 Å². The van der Waals surface area contributed by atoms with Gasteiger partial charge in [0.1, 0.15) is 0 Å². The molecule has 0 saturated carbocycles. The molecule has 2 aromatic heterocycles. The van der Waals surface area contributed by atoms with Crippen LogP contribution in [0, 0.1) is 47.8 Å². The number of thiophene rings is 2. The Labute approximate surface area is 320 Å². The molecule has 52 heavy (non-hydrogen) atoms. The zero-order chi connectivity index (χ0) is 36.9. The van der Waals surface area contributed by atoms with E-state index in [1.54, 1.807) is 34.8 Å². The van der Waals surface area contributed by atoms with Crippen LogP contribution in [0.1, 0.15) is 129 Å². The zero-order valence-corrected chi connectivity index (χ0v) is 33.0. The molecule has 0 spiro atoms. The summed E-state index contributed by atoms with van der Waals surface area (Å²) in [6.07, 6.45) is 17.2. The molecule has 3 nitrogen and oxygen atoms in total.